The summed E-state index contributed by atoms with van der Waals surface area (Å²) in [6, 6.07) is 17.3. The van der Waals surface area contributed by atoms with Crippen molar-refractivity contribution in [3.8, 4) is 0 Å². The van der Waals surface area contributed by atoms with Crippen LogP contribution in [-0.2, 0) is 10.0 Å². The fourth-order valence-electron chi connectivity index (χ4n) is 2.44. The Morgan fingerprint density at radius 1 is 0.828 bits per heavy atom. The molecule has 0 atom stereocenters. The summed E-state index contributed by atoms with van der Waals surface area (Å²) in [5.41, 5.74) is 0.936. The van der Waals surface area contributed by atoms with Crippen LogP contribution in [0.3, 0.4) is 0 Å². The zero-order chi connectivity index (χ0) is 21.0. The molecule has 3 N–H and O–H groups in total. The topological polar surface area (TPSA) is 113 Å². The minimum Gasteiger partial charge on any atom is -0.478 e. The molecule has 3 aromatic rings. The molecule has 3 aromatic carbocycles. The average Bonchev–Trinajstić information content (AvgIpc) is 2.70. The maximum Gasteiger partial charge on any atom is 0.335 e. The number of hydrogen-bond donors (Lipinski definition) is 3. The van der Waals surface area contributed by atoms with E-state index in [1.165, 1.54) is 60.7 Å². The normalized spacial score (nSPS) is 10.9. The number of carboxylic acid groups (broad SMARTS) is 1. The van der Waals surface area contributed by atoms with Crippen LogP contribution in [0.1, 0.15) is 20.7 Å². The molecule has 0 aliphatic heterocycles. The van der Waals surface area contributed by atoms with Crippen molar-refractivity contribution in [2.24, 2.45) is 0 Å². The van der Waals surface area contributed by atoms with E-state index in [9.17, 15) is 18.0 Å². The number of hydrogen-bond acceptors (Lipinski definition) is 4. The molecule has 148 valence electrons. The predicted molar refractivity (Wildman–Crippen MR) is 110 cm³/mol. The second-order valence-electron chi connectivity index (χ2n) is 5.98. The number of rotatable bonds is 6. The lowest BCUT2D eigenvalue weighted by Crippen LogP contribution is -2.16. The quantitative estimate of drug-likeness (QED) is 0.545. The van der Waals surface area contributed by atoms with Gasteiger partial charge in [0.2, 0.25) is 0 Å². The minimum atomic E-state index is -3.91. The first kappa shape index (κ1) is 20.4. The summed E-state index contributed by atoms with van der Waals surface area (Å²) < 4.78 is 27.6. The molecule has 0 aromatic heterocycles. The van der Waals surface area contributed by atoms with Crippen LogP contribution in [-0.4, -0.2) is 25.4 Å². The largest absolute Gasteiger partial charge is 0.478 e. The molecule has 0 spiro atoms. The Labute approximate surface area is 172 Å². The maximum absolute atomic E-state index is 12.6. The Kier molecular flexibility index (Phi) is 5.86. The zero-order valence-corrected chi connectivity index (χ0v) is 16.4. The molecule has 0 unspecified atom stereocenters. The Bertz CT molecular complexity index is 1160. The number of sulfonamides is 1. The molecule has 0 aliphatic carbocycles. The summed E-state index contributed by atoms with van der Waals surface area (Å²) in [7, 11) is -3.91. The summed E-state index contributed by atoms with van der Waals surface area (Å²) in [6.45, 7) is 0. The van der Waals surface area contributed by atoms with Crippen LogP contribution < -0.4 is 10.0 Å². The van der Waals surface area contributed by atoms with Gasteiger partial charge in [-0.2, -0.15) is 0 Å². The number of nitrogens with one attached hydrogen (secondary N) is 2. The smallest absolute Gasteiger partial charge is 0.335 e. The van der Waals surface area contributed by atoms with E-state index in [0.717, 1.165) is 0 Å². The van der Waals surface area contributed by atoms with Crippen LogP contribution in [0.15, 0.2) is 77.7 Å². The van der Waals surface area contributed by atoms with E-state index in [1.54, 1.807) is 12.1 Å². The minimum absolute atomic E-state index is 0.0821. The number of carboxylic acids is 1. The van der Waals surface area contributed by atoms with E-state index >= 15 is 0 Å². The molecule has 0 saturated heterocycles. The Balaban J connectivity index is 1.78. The third-order valence-electron chi connectivity index (χ3n) is 3.89. The summed E-state index contributed by atoms with van der Waals surface area (Å²) in [5.74, 6) is -1.61. The Morgan fingerprint density at radius 3 is 2.07 bits per heavy atom. The van der Waals surface area contributed by atoms with Gasteiger partial charge >= 0.3 is 5.97 Å². The summed E-state index contributed by atoms with van der Waals surface area (Å²) in [6.07, 6.45) is 0. The number of amides is 1. The molecule has 0 heterocycles. The number of benzene rings is 3. The molecule has 0 fully saturated rings. The standard InChI is InChI=1S/C20H15ClN2O5S/c21-15-6-10-17(11-7-15)23-29(27,28)18-3-1-2-14(12-18)19(24)22-16-8-4-13(5-9-16)20(25)26/h1-12,23H,(H,22,24)(H,25,26). The van der Waals surface area contributed by atoms with Gasteiger partial charge in [0.1, 0.15) is 0 Å². The maximum atomic E-state index is 12.6. The zero-order valence-electron chi connectivity index (χ0n) is 14.8. The van der Waals surface area contributed by atoms with Gasteiger partial charge in [-0.15, -0.1) is 0 Å². The predicted octanol–water partition coefficient (Wildman–Crippen LogP) is 4.09. The van der Waals surface area contributed by atoms with Crippen LogP contribution in [0.25, 0.3) is 0 Å². The van der Waals surface area contributed by atoms with Crippen molar-refractivity contribution in [1.82, 2.24) is 0 Å². The molecule has 0 aliphatic rings. The lowest BCUT2D eigenvalue weighted by atomic mass is 10.2. The summed E-state index contributed by atoms with van der Waals surface area (Å²) in [4.78, 5) is 23.2. The average molecular weight is 431 g/mol. The van der Waals surface area contributed by atoms with Crippen molar-refractivity contribution in [3.63, 3.8) is 0 Å². The highest BCUT2D eigenvalue weighted by Gasteiger charge is 2.17. The van der Waals surface area contributed by atoms with Gasteiger partial charge in [-0.05, 0) is 66.7 Å². The van der Waals surface area contributed by atoms with E-state index in [-0.39, 0.29) is 16.0 Å². The van der Waals surface area contributed by atoms with Gasteiger partial charge < -0.3 is 10.4 Å². The summed E-state index contributed by atoms with van der Waals surface area (Å²) >= 11 is 5.80. The second-order valence-corrected chi connectivity index (χ2v) is 8.10. The highest BCUT2D eigenvalue weighted by molar-refractivity contribution is 7.92. The van der Waals surface area contributed by atoms with Gasteiger partial charge in [0, 0.05) is 22.0 Å². The highest BCUT2D eigenvalue weighted by atomic mass is 35.5. The van der Waals surface area contributed by atoms with Crippen LogP contribution >= 0.6 is 11.6 Å². The fraction of sp³-hybridized carbons (Fsp3) is 0. The molecular weight excluding hydrogens is 416 g/mol. The first-order valence-electron chi connectivity index (χ1n) is 8.28. The first-order chi connectivity index (χ1) is 13.7. The second kappa shape index (κ2) is 8.34. The van der Waals surface area contributed by atoms with Gasteiger partial charge in [-0.25, -0.2) is 13.2 Å². The molecule has 7 nitrogen and oxygen atoms in total. The molecule has 0 bridgehead atoms. The van der Waals surface area contributed by atoms with Gasteiger partial charge in [-0.1, -0.05) is 17.7 Å². The molecule has 29 heavy (non-hydrogen) atoms. The van der Waals surface area contributed by atoms with E-state index in [2.05, 4.69) is 10.0 Å². The van der Waals surface area contributed by atoms with Crippen LogP contribution in [0, 0.1) is 0 Å². The SMILES string of the molecule is O=C(O)c1ccc(NC(=O)c2cccc(S(=O)(=O)Nc3ccc(Cl)cc3)c2)cc1. The molecule has 0 saturated carbocycles. The van der Waals surface area contributed by atoms with Crippen LogP contribution in [0.4, 0.5) is 11.4 Å². The Morgan fingerprint density at radius 2 is 1.45 bits per heavy atom. The third kappa shape index (κ3) is 5.13. The molecular formula is C20H15ClN2O5S. The fourth-order valence-corrected chi connectivity index (χ4v) is 3.67. The number of anilines is 2. The Hall–Kier alpha value is -3.36. The van der Waals surface area contributed by atoms with Gasteiger partial charge in [0.05, 0.1) is 10.5 Å². The van der Waals surface area contributed by atoms with Crippen LogP contribution in [0.2, 0.25) is 5.02 Å². The molecule has 3 rings (SSSR count). The van der Waals surface area contributed by atoms with Gasteiger partial charge in [0.25, 0.3) is 15.9 Å². The van der Waals surface area contributed by atoms with Crippen molar-refractivity contribution < 1.29 is 23.1 Å². The van der Waals surface area contributed by atoms with Crippen molar-refractivity contribution in [1.29, 1.82) is 0 Å². The van der Waals surface area contributed by atoms with Crippen LogP contribution in [0.5, 0.6) is 0 Å². The van der Waals surface area contributed by atoms with E-state index in [1.807, 2.05) is 0 Å². The van der Waals surface area contributed by atoms with Gasteiger partial charge in [-0.3, -0.25) is 9.52 Å². The summed E-state index contributed by atoms with van der Waals surface area (Å²) in [5, 5.41) is 12.0. The van der Waals surface area contributed by atoms with Crippen molar-refractivity contribution in [2.45, 2.75) is 4.90 Å². The highest BCUT2D eigenvalue weighted by Crippen LogP contribution is 2.20. The van der Waals surface area contributed by atoms with Crippen molar-refractivity contribution >= 4 is 44.9 Å². The first-order valence-corrected chi connectivity index (χ1v) is 10.1. The number of carbonyl (C=O) groups excluding carboxylic acids is 1. The molecule has 1 amide bonds. The third-order valence-corrected chi connectivity index (χ3v) is 5.52. The van der Waals surface area contributed by atoms with Gasteiger partial charge in [0.15, 0.2) is 0 Å². The van der Waals surface area contributed by atoms with E-state index in [0.29, 0.717) is 16.4 Å². The van der Waals surface area contributed by atoms with Crippen molar-refractivity contribution in [2.75, 3.05) is 10.0 Å². The number of aromatic carboxylic acids is 1. The monoisotopic (exact) mass is 430 g/mol. The molecule has 0 radical (unpaired) electrons. The number of halogens is 1. The molecule has 9 heteroatoms. The van der Waals surface area contributed by atoms with E-state index in [4.69, 9.17) is 16.7 Å². The van der Waals surface area contributed by atoms with Crippen molar-refractivity contribution in [3.05, 3.63) is 88.9 Å². The van der Waals surface area contributed by atoms with E-state index < -0.39 is 21.9 Å². The lowest BCUT2D eigenvalue weighted by molar-refractivity contribution is 0.0696. The number of carbonyl (C=O) groups is 2. The lowest BCUT2D eigenvalue weighted by Gasteiger charge is -2.10.